The van der Waals surface area contributed by atoms with Gasteiger partial charge in [-0.1, -0.05) is 38.3 Å². The minimum Gasteiger partial charge on any atom is -0.494 e. The molecule has 1 amide bonds. The lowest BCUT2D eigenvalue weighted by atomic mass is 10.1. The third kappa shape index (κ3) is 6.52. The van der Waals surface area contributed by atoms with E-state index in [1.165, 1.54) is 19.3 Å². The van der Waals surface area contributed by atoms with Crippen LogP contribution in [0.3, 0.4) is 0 Å². The van der Waals surface area contributed by atoms with E-state index < -0.39 is 0 Å². The number of aromatic nitrogens is 1. The standard InChI is InChI=1S/C24H27N3O2S/c1-3-4-5-6-15-29-22-13-7-19(8-14-22)16-25-27-24(28)21-11-9-20(10-12-21)23-17-30-18(2)26-23/h7-14,16-17H,3-6,15H2,1-2H3,(H,27,28)/b25-16+. The molecular weight excluding hydrogens is 394 g/mol. The van der Waals surface area contributed by atoms with Gasteiger partial charge < -0.3 is 4.74 Å². The highest BCUT2D eigenvalue weighted by molar-refractivity contribution is 7.09. The molecule has 5 nitrogen and oxygen atoms in total. The first-order chi connectivity index (χ1) is 14.7. The lowest BCUT2D eigenvalue weighted by molar-refractivity contribution is 0.0955. The molecule has 0 aliphatic carbocycles. The molecule has 156 valence electrons. The maximum Gasteiger partial charge on any atom is 0.271 e. The van der Waals surface area contributed by atoms with Crippen molar-refractivity contribution in [3.63, 3.8) is 0 Å². The number of hydrogen-bond donors (Lipinski definition) is 1. The highest BCUT2D eigenvalue weighted by Gasteiger charge is 2.06. The summed E-state index contributed by atoms with van der Waals surface area (Å²) in [5.74, 6) is 0.599. The average molecular weight is 422 g/mol. The fraction of sp³-hybridized carbons (Fsp3) is 0.292. The van der Waals surface area contributed by atoms with Crippen molar-refractivity contribution in [2.24, 2.45) is 5.10 Å². The normalized spacial score (nSPS) is 11.0. The van der Waals surface area contributed by atoms with Gasteiger partial charge in [-0.3, -0.25) is 4.79 Å². The fourth-order valence-electron chi connectivity index (χ4n) is 2.89. The molecule has 0 bridgehead atoms. The zero-order valence-electron chi connectivity index (χ0n) is 17.4. The maximum atomic E-state index is 12.3. The molecule has 2 aromatic carbocycles. The van der Waals surface area contributed by atoms with E-state index >= 15 is 0 Å². The number of hydrogen-bond acceptors (Lipinski definition) is 5. The number of benzene rings is 2. The molecule has 0 radical (unpaired) electrons. The molecule has 30 heavy (non-hydrogen) atoms. The van der Waals surface area contributed by atoms with Gasteiger partial charge in [0.15, 0.2) is 0 Å². The Morgan fingerprint density at radius 1 is 1.10 bits per heavy atom. The van der Waals surface area contributed by atoms with Crippen LogP contribution in [0.1, 0.15) is 53.5 Å². The second-order valence-corrected chi connectivity index (χ2v) is 8.07. The molecule has 0 atom stereocenters. The van der Waals surface area contributed by atoms with E-state index in [0.717, 1.165) is 40.6 Å². The fourth-order valence-corrected chi connectivity index (χ4v) is 3.51. The van der Waals surface area contributed by atoms with Gasteiger partial charge in [-0.25, -0.2) is 10.4 Å². The first-order valence-corrected chi connectivity index (χ1v) is 11.1. The number of carbonyl (C=O) groups is 1. The van der Waals surface area contributed by atoms with Gasteiger partial charge in [-0.2, -0.15) is 5.10 Å². The Morgan fingerprint density at radius 2 is 1.87 bits per heavy atom. The Labute approximate surface area is 181 Å². The van der Waals surface area contributed by atoms with E-state index in [9.17, 15) is 4.79 Å². The van der Waals surface area contributed by atoms with Crippen LogP contribution in [0.4, 0.5) is 0 Å². The Morgan fingerprint density at radius 3 is 2.53 bits per heavy atom. The van der Waals surface area contributed by atoms with Gasteiger partial charge in [0.25, 0.3) is 5.91 Å². The third-order valence-electron chi connectivity index (χ3n) is 4.59. The van der Waals surface area contributed by atoms with Crippen LogP contribution in [-0.2, 0) is 0 Å². The molecule has 1 N–H and O–H groups in total. The summed E-state index contributed by atoms with van der Waals surface area (Å²) in [5.41, 5.74) is 5.93. The number of hydrazone groups is 1. The summed E-state index contributed by atoms with van der Waals surface area (Å²) in [4.78, 5) is 16.7. The Bertz CT molecular complexity index is 963. The molecule has 3 aromatic rings. The van der Waals surface area contributed by atoms with Crippen molar-refractivity contribution < 1.29 is 9.53 Å². The monoisotopic (exact) mass is 421 g/mol. The highest BCUT2D eigenvalue weighted by atomic mass is 32.1. The van der Waals surface area contributed by atoms with Crippen LogP contribution < -0.4 is 10.2 Å². The van der Waals surface area contributed by atoms with Gasteiger partial charge >= 0.3 is 0 Å². The van der Waals surface area contributed by atoms with Crippen molar-refractivity contribution in [1.82, 2.24) is 10.4 Å². The Hall–Kier alpha value is -2.99. The summed E-state index contributed by atoms with van der Waals surface area (Å²) in [7, 11) is 0. The molecule has 0 spiro atoms. The minimum atomic E-state index is -0.251. The number of carbonyl (C=O) groups excluding carboxylic acids is 1. The first-order valence-electron chi connectivity index (χ1n) is 10.2. The van der Waals surface area contributed by atoms with Crippen molar-refractivity contribution in [3.05, 3.63) is 70.0 Å². The van der Waals surface area contributed by atoms with E-state index in [1.807, 2.05) is 48.7 Å². The largest absolute Gasteiger partial charge is 0.494 e. The molecule has 0 fully saturated rings. The lowest BCUT2D eigenvalue weighted by Crippen LogP contribution is -2.17. The molecule has 0 unspecified atom stereocenters. The van der Waals surface area contributed by atoms with E-state index in [0.29, 0.717) is 5.56 Å². The molecule has 3 rings (SSSR count). The Kier molecular flexibility index (Phi) is 8.15. The number of unbranched alkanes of at least 4 members (excludes halogenated alkanes) is 3. The van der Waals surface area contributed by atoms with Crippen LogP contribution in [-0.4, -0.2) is 23.7 Å². The van der Waals surface area contributed by atoms with Crippen molar-refractivity contribution in [3.8, 4) is 17.0 Å². The summed E-state index contributed by atoms with van der Waals surface area (Å²) in [6, 6.07) is 15.0. The summed E-state index contributed by atoms with van der Waals surface area (Å²) in [5, 5.41) is 7.08. The summed E-state index contributed by atoms with van der Waals surface area (Å²) in [6.07, 6.45) is 6.37. The number of ether oxygens (including phenoxy) is 1. The zero-order valence-corrected chi connectivity index (χ0v) is 18.2. The van der Waals surface area contributed by atoms with Crippen molar-refractivity contribution in [2.45, 2.75) is 39.5 Å². The van der Waals surface area contributed by atoms with E-state index in [2.05, 4.69) is 22.4 Å². The number of thiazole rings is 1. The van der Waals surface area contributed by atoms with Crippen LogP contribution in [0.25, 0.3) is 11.3 Å². The number of rotatable bonds is 10. The van der Waals surface area contributed by atoms with Gasteiger partial charge in [-0.05, 0) is 55.3 Å². The second-order valence-electron chi connectivity index (χ2n) is 7.01. The zero-order chi connectivity index (χ0) is 21.2. The molecular formula is C24H27N3O2S. The highest BCUT2D eigenvalue weighted by Crippen LogP contribution is 2.21. The number of aryl methyl sites for hydroxylation is 1. The van der Waals surface area contributed by atoms with Gasteiger partial charge in [-0.15, -0.1) is 11.3 Å². The Balaban J connectivity index is 1.47. The van der Waals surface area contributed by atoms with Gasteiger partial charge in [0, 0.05) is 16.5 Å². The topological polar surface area (TPSA) is 63.6 Å². The average Bonchev–Trinajstić information content (AvgIpc) is 3.21. The van der Waals surface area contributed by atoms with Crippen molar-refractivity contribution in [2.75, 3.05) is 6.61 Å². The van der Waals surface area contributed by atoms with Crippen LogP contribution in [0.15, 0.2) is 59.0 Å². The number of amides is 1. The second kappa shape index (κ2) is 11.3. The maximum absolute atomic E-state index is 12.3. The SMILES string of the molecule is CCCCCCOc1ccc(/C=N/NC(=O)c2ccc(-c3csc(C)n3)cc2)cc1. The quantitative estimate of drug-likeness (QED) is 0.254. The third-order valence-corrected chi connectivity index (χ3v) is 5.36. The van der Waals surface area contributed by atoms with Crippen LogP contribution in [0, 0.1) is 6.92 Å². The van der Waals surface area contributed by atoms with Gasteiger partial charge in [0.05, 0.1) is 23.5 Å². The van der Waals surface area contributed by atoms with Crippen LogP contribution >= 0.6 is 11.3 Å². The summed E-state index contributed by atoms with van der Waals surface area (Å²) in [6.45, 7) is 4.91. The molecule has 0 aliphatic heterocycles. The molecule has 0 saturated carbocycles. The summed E-state index contributed by atoms with van der Waals surface area (Å²) < 4.78 is 5.73. The van der Waals surface area contributed by atoms with Crippen LogP contribution in [0.2, 0.25) is 0 Å². The molecule has 0 aliphatic rings. The van der Waals surface area contributed by atoms with Gasteiger partial charge in [0.2, 0.25) is 0 Å². The van der Waals surface area contributed by atoms with Crippen molar-refractivity contribution in [1.29, 1.82) is 0 Å². The predicted molar refractivity (Wildman–Crippen MR) is 123 cm³/mol. The molecule has 1 aromatic heterocycles. The van der Waals surface area contributed by atoms with E-state index in [-0.39, 0.29) is 5.91 Å². The number of nitrogens with one attached hydrogen (secondary N) is 1. The minimum absolute atomic E-state index is 0.251. The summed E-state index contributed by atoms with van der Waals surface area (Å²) >= 11 is 1.61. The van der Waals surface area contributed by atoms with Gasteiger partial charge in [0.1, 0.15) is 5.75 Å². The molecule has 6 heteroatoms. The van der Waals surface area contributed by atoms with E-state index in [4.69, 9.17) is 4.74 Å². The predicted octanol–water partition coefficient (Wildman–Crippen LogP) is 5.84. The van der Waals surface area contributed by atoms with E-state index in [1.54, 1.807) is 29.7 Å². The van der Waals surface area contributed by atoms with Crippen LogP contribution in [0.5, 0.6) is 5.75 Å². The molecule has 1 heterocycles. The molecule has 0 saturated heterocycles. The number of nitrogens with zero attached hydrogens (tertiary/aromatic N) is 2. The lowest BCUT2D eigenvalue weighted by Gasteiger charge is -2.06. The van der Waals surface area contributed by atoms with Crippen molar-refractivity contribution >= 4 is 23.5 Å². The smallest absolute Gasteiger partial charge is 0.271 e. The first kappa shape index (κ1) is 21.7.